The number of carbonyl (C=O) groups excluding carboxylic acids is 1. The minimum absolute atomic E-state index is 0.0660. The Kier molecular flexibility index (Phi) is 7.48. The number of aromatic nitrogens is 3. The van der Waals surface area contributed by atoms with Gasteiger partial charge in [0.15, 0.2) is 0 Å². The van der Waals surface area contributed by atoms with Crippen molar-refractivity contribution in [1.29, 1.82) is 0 Å². The molecule has 192 valence electrons. The number of thioether (sulfide) groups is 1. The molecule has 11 heteroatoms. The number of non-ortho nitro benzene ring substituents is 1. The van der Waals surface area contributed by atoms with Crippen LogP contribution in [0.15, 0.2) is 65.0 Å². The fourth-order valence-corrected chi connectivity index (χ4v) is 5.84. The second-order valence-electron chi connectivity index (χ2n) is 9.13. The van der Waals surface area contributed by atoms with E-state index in [4.69, 9.17) is 21.4 Å². The summed E-state index contributed by atoms with van der Waals surface area (Å²) in [6, 6.07) is 13.1. The topological polar surface area (TPSA) is 112 Å². The third-order valence-electron chi connectivity index (χ3n) is 6.59. The lowest BCUT2D eigenvalue weighted by molar-refractivity contribution is -0.384. The van der Waals surface area contributed by atoms with Crippen LogP contribution in [0.4, 0.5) is 11.6 Å². The number of nitro benzene ring substituents is 1. The van der Waals surface area contributed by atoms with E-state index in [-0.39, 0.29) is 11.8 Å². The largest absolute Gasteiger partial charge is 0.459 e. The minimum atomic E-state index is -0.727. The predicted molar refractivity (Wildman–Crippen MR) is 142 cm³/mol. The standard InChI is InChI=1S/C26H26ClN5O4S/c1-16-22(24(33)36-20-11-3-2-4-12-20)23(17-9-7-10-19(14-17)32(34)35)31-25(28-16)29-26(30-31)37-15-18-8-5-6-13-21(18)27/h5-10,13-14,20,23H,2-4,11-12,15H2,1H3,(H,28,29,30). The van der Waals surface area contributed by atoms with E-state index in [0.717, 1.165) is 37.7 Å². The number of esters is 1. The number of hydrogen-bond acceptors (Lipinski definition) is 8. The molecule has 0 spiro atoms. The summed E-state index contributed by atoms with van der Waals surface area (Å²) in [7, 11) is 0. The molecule has 1 saturated carbocycles. The van der Waals surface area contributed by atoms with Crippen molar-refractivity contribution in [2.24, 2.45) is 0 Å². The molecule has 1 atom stereocenters. The smallest absolute Gasteiger partial charge is 0.338 e. The molecule has 1 aliphatic heterocycles. The Balaban J connectivity index is 1.49. The Bertz CT molecular complexity index is 1370. The van der Waals surface area contributed by atoms with Crippen molar-refractivity contribution in [2.75, 3.05) is 5.32 Å². The van der Waals surface area contributed by atoms with Gasteiger partial charge < -0.3 is 10.1 Å². The van der Waals surface area contributed by atoms with Crippen molar-refractivity contribution in [3.63, 3.8) is 0 Å². The monoisotopic (exact) mass is 539 g/mol. The van der Waals surface area contributed by atoms with Crippen LogP contribution in [0, 0.1) is 10.1 Å². The van der Waals surface area contributed by atoms with Crippen molar-refractivity contribution < 1.29 is 14.5 Å². The van der Waals surface area contributed by atoms with Crippen molar-refractivity contribution >= 4 is 41.0 Å². The number of ether oxygens (including phenoxy) is 1. The molecule has 3 aromatic rings. The Labute approximate surface area is 223 Å². The van der Waals surface area contributed by atoms with E-state index in [1.165, 1.54) is 23.9 Å². The van der Waals surface area contributed by atoms with E-state index < -0.39 is 16.9 Å². The van der Waals surface area contributed by atoms with Crippen LogP contribution in [-0.4, -0.2) is 31.8 Å². The lowest BCUT2D eigenvalue weighted by Crippen LogP contribution is -2.32. The minimum Gasteiger partial charge on any atom is -0.459 e. The maximum absolute atomic E-state index is 13.5. The third-order valence-corrected chi connectivity index (χ3v) is 7.85. The van der Waals surface area contributed by atoms with Gasteiger partial charge in [-0.2, -0.15) is 4.98 Å². The van der Waals surface area contributed by atoms with E-state index >= 15 is 0 Å². The highest BCUT2D eigenvalue weighted by Gasteiger charge is 2.37. The number of benzene rings is 2. The number of hydrogen-bond donors (Lipinski definition) is 1. The van der Waals surface area contributed by atoms with Crippen LogP contribution in [-0.2, 0) is 15.3 Å². The third kappa shape index (κ3) is 5.50. The molecule has 0 bridgehead atoms. The fraction of sp³-hybridized carbons (Fsp3) is 0.346. The van der Waals surface area contributed by atoms with Crippen LogP contribution in [0.2, 0.25) is 5.02 Å². The zero-order valence-corrected chi connectivity index (χ0v) is 21.8. The van der Waals surface area contributed by atoms with Crippen LogP contribution >= 0.6 is 23.4 Å². The summed E-state index contributed by atoms with van der Waals surface area (Å²) in [5.74, 6) is 0.567. The zero-order chi connectivity index (χ0) is 25.9. The summed E-state index contributed by atoms with van der Waals surface area (Å²) in [6.45, 7) is 1.79. The molecule has 2 aromatic carbocycles. The molecule has 0 amide bonds. The van der Waals surface area contributed by atoms with Gasteiger partial charge in [0.05, 0.1) is 10.5 Å². The number of rotatable bonds is 7. The lowest BCUT2D eigenvalue weighted by Gasteiger charge is -2.30. The summed E-state index contributed by atoms with van der Waals surface area (Å²) in [5, 5.41) is 20.6. The summed E-state index contributed by atoms with van der Waals surface area (Å²) in [4.78, 5) is 29.2. The number of nitrogens with zero attached hydrogens (tertiary/aromatic N) is 4. The molecule has 9 nitrogen and oxygen atoms in total. The normalized spacial score (nSPS) is 17.7. The highest BCUT2D eigenvalue weighted by Crippen LogP contribution is 2.38. The summed E-state index contributed by atoms with van der Waals surface area (Å²) in [5.41, 5.74) is 2.39. The fourth-order valence-electron chi connectivity index (χ4n) is 4.73. The summed E-state index contributed by atoms with van der Waals surface area (Å²) in [6.07, 6.45) is 4.74. The van der Waals surface area contributed by atoms with Gasteiger partial charge in [0, 0.05) is 28.6 Å². The van der Waals surface area contributed by atoms with Gasteiger partial charge in [-0.15, -0.1) is 5.10 Å². The van der Waals surface area contributed by atoms with Gasteiger partial charge in [0.1, 0.15) is 12.1 Å². The zero-order valence-electron chi connectivity index (χ0n) is 20.2. The van der Waals surface area contributed by atoms with Gasteiger partial charge in [-0.25, -0.2) is 9.48 Å². The first-order valence-corrected chi connectivity index (χ1v) is 13.5. The second kappa shape index (κ2) is 10.9. The average molecular weight is 540 g/mol. The molecular formula is C26H26ClN5O4S. The second-order valence-corrected chi connectivity index (χ2v) is 10.5. The summed E-state index contributed by atoms with van der Waals surface area (Å²) < 4.78 is 7.53. The van der Waals surface area contributed by atoms with Gasteiger partial charge >= 0.3 is 5.97 Å². The molecule has 1 unspecified atom stereocenters. The molecule has 1 N–H and O–H groups in total. The van der Waals surface area contributed by atoms with Gasteiger partial charge in [0.2, 0.25) is 11.1 Å². The molecule has 1 aliphatic carbocycles. The first-order chi connectivity index (χ1) is 17.9. The van der Waals surface area contributed by atoms with Crippen molar-refractivity contribution in [2.45, 2.75) is 62.1 Å². The van der Waals surface area contributed by atoms with Gasteiger partial charge in [-0.3, -0.25) is 10.1 Å². The number of nitro groups is 1. The number of fused-ring (bicyclic) bond motifs is 1. The first kappa shape index (κ1) is 25.3. The highest BCUT2D eigenvalue weighted by atomic mass is 35.5. The Hall–Kier alpha value is -3.37. The molecule has 5 rings (SSSR count). The summed E-state index contributed by atoms with van der Waals surface area (Å²) >= 11 is 7.72. The Morgan fingerprint density at radius 2 is 2.00 bits per heavy atom. The highest BCUT2D eigenvalue weighted by molar-refractivity contribution is 7.98. The van der Waals surface area contributed by atoms with Crippen molar-refractivity contribution in [3.8, 4) is 0 Å². The molecule has 2 aliphatic rings. The molecule has 0 saturated heterocycles. The number of anilines is 1. The number of nitrogens with one attached hydrogen (secondary N) is 1. The number of halogens is 1. The molecule has 2 heterocycles. The van der Waals surface area contributed by atoms with Gasteiger partial charge in [-0.05, 0) is 49.8 Å². The van der Waals surface area contributed by atoms with E-state index in [0.29, 0.717) is 38.7 Å². The molecule has 0 radical (unpaired) electrons. The van der Waals surface area contributed by atoms with Crippen molar-refractivity contribution in [3.05, 3.63) is 86.1 Å². The van der Waals surface area contributed by atoms with Crippen LogP contribution in [0.25, 0.3) is 0 Å². The maximum atomic E-state index is 13.5. The van der Waals surface area contributed by atoms with E-state index in [2.05, 4.69) is 10.3 Å². The Morgan fingerprint density at radius 1 is 1.22 bits per heavy atom. The van der Waals surface area contributed by atoms with Crippen LogP contribution in [0.1, 0.15) is 56.2 Å². The number of allylic oxidation sites excluding steroid dienone is 1. The van der Waals surface area contributed by atoms with Crippen molar-refractivity contribution in [1.82, 2.24) is 14.8 Å². The van der Waals surface area contributed by atoms with Crippen LogP contribution < -0.4 is 5.32 Å². The first-order valence-electron chi connectivity index (χ1n) is 12.2. The lowest BCUT2D eigenvalue weighted by atomic mass is 9.94. The van der Waals surface area contributed by atoms with Gasteiger partial charge in [0.25, 0.3) is 5.69 Å². The molecule has 1 fully saturated rings. The predicted octanol–water partition coefficient (Wildman–Crippen LogP) is 6.30. The average Bonchev–Trinajstić information content (AvgIpc) is 3.30. The van der Waals surface area contributed by atoms with Crippen LogP contribution in [0.5, 0.6) is 0 Å². The quantitative estimate of drug-likeness (QED) is 0.161. The van der Waals surface area contributed by atoms with E-state index in [9.17, 15) is 14.9 Å². The molecule has 37 heavy (non-hydrogen) atoms. The SMILES string of the molecule is CC1=C(C(=O)OC2CCCCC2)C(c2cccc([N+](=O)[O-])c2)n2nc(SCc3ccccc3Cl)nc2N1. The van der Waals surface area contributed by atoms with E-state index in [1.807, 2.05) is 24.3 Å². The Morgan fingerprint density at radius 3 is 2.76 bits per heavy atom. The van der Waals surface area contributed by atoms with E-state index in [1.54, 1.807) is 23.7 Å². The van der Waals surface area contributed by atoms with Gasteiger partial charge in [-0.1, -0.05) is 60.1 Å². The molecular weight excluding hydrogens is 514 g/mol. The van der Waals surface area contributed by atoms with Crippen LogP contribution in [0.3, 0.4) is 0 Å². The number of carbonyl (C=O) groups is 1. The molecule has 1 aromatic heterocycles. The maximum Gasteiger partial charge on any atom is 0.338 e.